The first-order valence-electron chi connectivity index (χ1n) is 11.4. The summed E-state index contributed by atoms with van der Waals surface area (Å²) in [5.41, 5.74) is -0.821. The molecule has 0 aromatic carbocycles. The average Bonchev–Trinajstić information content (AvgIpc) is 2.58. The van der Waals surface area contributed by atoms with Gasteiger partial charge < -0.3 is 10.2 Å². The van der Waals surface area contributed by atoms with Crippen molar-refractivity contribution in [1.82, 2.24) is 5.32 Å². The second-order valence-corrected chi connectivity index (χ2v) is 9.30. The molecule has 0 aliphatic rings. The lowest BCUT2D eigenvalue weighted by Crippen LogP contribution is -2.49. The predicted octanol–water partition coefficient (Wildman–Crippen LogP) is 5.91. The molecule has 0 fully saturated rings. The quantitative estimate of drug-likeness (QED) is 0.176. The van der Waals surface area contributed by atoms with E-state index in [1.807, 2.05) is 13.8 Å². The third-order valence-electron chi connectivity index (χ3n) is 5.71. The Labute approximate surface area is 170 Å². The molecule has 0 aromatic heterocycles. The molecule has 0 saturated carbocycles. The number of unbranched alkanes of at least 4 members (excludes halogenated alkanes) is 3. The van der Waals surface area contributed by atoms with Gasteiger partial charge in [0.1, 0.15) is 5.72 Å². The topological polar surface area (TPSA) is 52.5 Å². The molecule has 0 amide bonds. The molecule has 162 valence electrons. The van der Waals surface area contributed by atoms with E-state index in [-0.39, 0.29) is 0 Å². The summed E-state index contributed by atoms with van der Waals surface area (Å²) in [6.07, 6.45) is 13.7. The molecule has 0 saturated heterocycles. The lowest BCUT2D eigenvalue weighted by molar-refractivity contribution is 0.0173. The van der Waals surface area contributed by atoms with Crippen molar-refractivity contribution in [2.75, 3.05) is 6.61 Å². The molecule has 0 spiro atoms. The summed E-state index contributed by atoms with van der Waals surface area (Å²) in [6, 6.07) is 0.361. The number of hydrogen-bond donors (Lipinski definition) is 3. The molecule has 0 aliphatic carbocycles. The molecule has 3 N–H and O–H groups in total. The highest BCUT2D eigenvalue weighted by atomic mass is 16.3. The van der Waals surface area contributed by atoms with Crippen LogP contribution in [0.3, 0.4) is 0 Å². The van der Waals surface area contributed by atoms with Crippen molar-refractivity contribution in [2.45, 2.75) is 112 Å². The molecule has 0 heterocycles. The zero-order valence-corrected chi connectivity index (χ0v) is 19.3. The summed E-state index contributed by atoms with van der Waals surface area (Å²) < 4.78 is 0. The third-order valence-corrected chi connectivity index (χ3v) is 5.71. The maximum Gasteiger partial charge on any atom is 0.110 e. The maximum atomic E-state index is 10.3. The Hall–Kier alpha value is -0.380. The van der Waals surface area contributed by atoms with Gasteiger partial charge in [0.2, 0.25) is 0 Å². The molecule has 3 nitrogen and oxygen atoms in total. The van der Waals surface area contributed by atoms with Gasteiger partial charge in [0.05, 0.1) is 0 Å². The second kappa shape index (κ2) is 14.6. The van der Waals surface area contributed by atoms with Gasteiger partial charge in [-0.2, -0.15) is 0 Å². The number of rotatable bonds is 16. The van der Waals surface area contributed by atoms with E-state index in [0.29, 0.717) is 36.3 Å². The minimum atomic E-state index is -0.821. The lowest BCUT2D eigenvalue weighted by Gasteiger charge is -2.36. The molecule has 3 heteroatoms. The summed E-state index contributed by atoms with van der Waals surface area (Å²) >= 11 is 0. The molecule has 0 radical (unpaired) electrons. The molecular formula is C24H49NO2. The predicted molar refractivity (Wildman–Crippen MR) is 119 cm³/mol. The largest absolute Gasteiger partial charge is 0.396 e. The molecule has 0 bridgehead atoms. The molecule has 4 atom stereocenters. The van der Waals surface area contributed by atoms with E-state index in [0.717, 1.165) is 25.7 Å². The van der Waals surface area contributed by atoms with E-state index in [4.69, 9.17) is 5.11 Å². The summed E-state index contributed by atoms with van der Waals surface area (Å²) in [5.74, 6) is 2.44. The summed E-state index contributed by atoms with van der Waals surface area (Å²) in [5, 5.41) is 22.7. The normalized spacial score (nSPS) is 17.4. The SMILES string of the molecule is CCCCC(CC(C)C(/C=C\CCCCO)C(C)C)[C@@H](CC)NC(C)(C)O. The Balaban J connectivity index is 5.05. The zero-order chi connectivity index (χ0) is 20.9. The highest BCUT2D eigenvalue weighted by Crippen LogP contribution is 2.32. The number of nitrogens with one attached hydrogen (secondary N) is 1. The van der Waals surface area contributed by atoms with Gasteiger partial charge in [-0.05, 0) is 76.0 Å². The van der Waals surface area contributed by atoms with Crippen LogP contribution in [0.25, 0.3) is 0 Å². The van der Waals surface area contributed by atoms with Gasteiger partial charge in [0.25, 0.3) is 0 Å². The zero-order valence-electron chi connectivity index (χ0n) is 19.3. The molecule has 0 aromatic rings. The van der Waals surface area contributed by atoms with Crippen molar-refractivity contribution in [1.29, 1.82) is 0 Å². The Bertz CT molecular complexity index is 373. The van der Waals surface area contributed by atoms with Crippen LogP contribution in [-0.2, 0) is 0 Å². The summed E-state index contributed by atoms with van der Waals surface area (Å²) in [7, 11) is 0. The van der Waals surface area contributed by atoms with Crippen LogP contribution in [-0.4, -0.2) is 28.6 Å². The Morgan fingerprint density at radius 2 is 1.70 bits per heavy atom. The van der Waals surface area contributed by atoms with Crippen LogP contribution in [0.2, 0.25) is 0 Å². The molecule has 0 aliphatic heterocycles. The van der Waals surface area contributed by atoms with Crippen LogP contribution in [0.15, 0.2) is 12.2 Å². The standard InChI is InChI=1S/C24H49NO2/c1-8-10-15-21(23(9-2)25-24(6,7)27)18-20(5)22(19(3)4)16-13-11-12-14-17-26/h13,16,19-23,25-27H,8-12,14-15,17-18H2,1-7H3/b16-13-/t20?,21?,22?,23-/m1/s1. The van der Waals surface area contributed by atoms with E-state index in [9.17, 15) is 5.11 Å². The Morgan fingerprint density at radius 1 is 1.04 bits per heavy atom. The van der Waals surface area contributed by atoms with E-state index in [1.54, 1.807) is 0 Å². The fraction of sp³-hybridized carbons (Fsp3) is 0.917. The number of aliphatic hydroxyl groups is 2. The van der Waals surface area contributed by atoms with Gasteiger partial charge in [-0.15, -0.1) is 0 Å². The fourth-order valence-corrected chi connectivity index (χ4v) is 4.29. The Kier molecular flexibility index (Phi) is 14.4. The number of aliphatic hydroxyl groups excluding tert-OH is 1. The van der Waals surface area contributed by atoms with Gasteiger partial charge in [0.15, 0.2) is 0 Å². The van der Waals surface area contributed by atoms with Crippen molar-refractivity contribution in [3.63, 3.8) is 0 Å². The summed E-state index contributed by atoms with van der Waals surface area (Å²) in [4.78, 5) is 0. The van der Waals surface area contributed by atoms with Crippen molar-refractivity contribution < 1.29 is 10.2 Å². The van der Waals surface area contributed by atoms with Crippen LogP contribution >= 0.6 is 0 Å². The molecule has 0 rings (SSSR count). The van der Waals surface area contributed by atoms with E-state index in [2.05, 4.69) is 52.1 Å². The number of hydrogen-bond acceptors (Lipinski definition) is 3. The average molecular weight is 384 g/mol. The number of allylic oxidation sites excluding steroid dienone is 2. The molecule has 27 heavy (non-hydrogen) atoms. The van der Waals surface area contributed by atoms with Crippen LogP contribution in [0.1, 0.15) is 99.8 Å². The van der Waals surface area contributed by atoms with Crippen LogP contribution < -0.4 is 5.32 Å². The fourth-order valence-electron chi connectivity index (χ4n) is 4.29. The van der Waals surface area contributed by atoms with Crippen molar-refractivity contribution in [3.05, 3.63) is 12.2 Å². The van der Waals surface area contributed by atoms with Gasteiger partial charge in [-0.1, -0.05) is 59.6 Å². The molecular weight excluding hydrogens is 334 g/mol. The summed E-state index contributed by atoms with van der Waals surface area (Å²) in [6.45, 7) is 15.5. The van der Waals surface area contributed by atoms with Gasteiger partial charge in [-0.3, -0.25) is 5.32 Å². The lowest BCUT2D eigenvalue weighted by atomic mass is 9.76. The Morgan fingerprint density at radius 3 is 2.19 bits per heavy atom. The first-order valence-corrected chi connectivity index (χ1v) is 11.4. The van der Waals surface area contributed by atoms with Crippen molar-refractivity contribution in [2.24, 2.45) is 23.7 Å². The van der Waals surface area contributed by atoms with Crippen molar-refractivity contribution >= 4 is 0 Å². The molecule has 3 unspecified atom stereocenters. The third kappa shape index (κ3) is 12.6. The van der Waals surface area contributed by atoms with E-state index >= 15 is 0 Å². The van der Waals surface area contributed by atoms with Crippen LogP contribution in [0.4, 0.5) is 0 Å². The van der Waals surface area contributed by atoms with Gasteiger partial charge in [-0.25, -0.2) is 0 Å². The highest BCUT2D eigenvalue weighted by Gasteiger charge is 2.28. The highest BCUT2D eigenvalue weighted by molar-refractivity contribution is 4.94. The van der Waals surface area contributed by atoms with Crippen molar-refractivity contribution in [3.8, 4) is 0 Å². The minimum absolute atomic E-state index is 0.295. The second-order valence-electron chi connectivity index (χ2n) is 9.30. The first-order chi connectivity index (χ1) is 12.7. The van der Waals surface area contributed by atoms with E-state index in [1.165, 1.54) is 25.7 Å². The first kappa shape index (κ1) is 26.6. The van der Waals surface area contributed by atoms with Gasteiger partial charge >= 0.3 is 0 Å². The van der Waals surface area contributed by atoms with Crippen LogP contribution in [0, 0.1) is 23.7 Å². The maximum absolute atomic E-state index is 10.3. The smallest absolute Gasteiger partial charge is 0.110 e. The minimum Gasteiger partial charge on any atom is -0.396 e. The van der Waals surface area contributed by atoms with Crippen LogP contribution in [0.5, 0.6) is 0 Å². The van der Waals surface area contributed by atoms with E-state index < -0.39 is 5.72 Å². The van der Waals surface area contributed by atoms with Gasteiger partial charge in [0, 0.05) is 12.6 Å². The monoisotopic (exact) mass is 383 g/mol.